The third-order valence-corrected chi connectivity index (χ3v) is 6.46. The summed E-state index contributed by atoms with van der Waals surface area (Å²) in [5.41, 5.74) is 4.95. The molecular formula is C27H24N4O4. The summed E-state index contributed by atoms with van der Waals surface area (Å²) in [6.45, 7) is 0. The molecule has 35 heavy (non-hydrogen) atoms. The van der Waals surface area contributed by atoms with Crippen molar-refractivity contribution in [3.8, 4) is 23.0 Å². The van der Waals surface area contributed by atoms with Gasteiger partial charge in [-0.3, -0.25) is 0 Å². The Labute approximate surface area is 202 Å². The predicted molar refractivity (Wildman–Crippen MR) is 131 cm³/mol. The Morgan fingerprint density at radius 3 is 2.40 bits per heavy atom. The molecule has 8 nitrogen and oxygen atoms in total. The Balaban J connectivity index is 1.59. The lowest BCUT2D eigenvalue weighted by Gasteiger charge is -2.39. The second-order valence-corrected chi connectivity index (χ2v) is 8.27. The summed E-state index contributed by atoms with van der Waals surface area (Å²) in [7, 11) is 4.92. The van der Waals surface area contributed by atoms with E-state index < -0.39 is 0 Å². The Hall–Kier alpha value is -4.46. The van der Waals surface area contributed by atoms with E-state index in [0.717, 1.165) is 39.5 Å². The van der Waals surface area contributed by atoms with Gasteiger partial charge in [-0.25, -0.2) is 4.68 Å². The lowest BCUT2D eigenvalue weighted by Crippen LogP contribution is -2.32. The van der Waals surface area contributed by atoms with Crippen LogP contribution in [-0.4, -0.2) is 36.1 Å². The van der Waals surface area contributed by atoms with E-state index in [-0.39, 0.29) is 12.1 Å². The van der Waals surface area contributed by atoms with Gasteiger partial charge in [0, 0.05) is 11.1 Å². The van der Waals surface area contributed by atoms with Gasteiger partial charge in [0.15, 0.2) is 11.5 Å². The average Bonchev–Trinajstić information content (AvgIpc) is 3.39. The smallest absolute Gasteiger partial charge is 0.226 e. The van der Waals surface area contributed by atoms with E-state index >= 15 is 0 Å². The third-order valence-electron chi connectivity index (χ3n) is 6.46. The van der Waals surface area contributed by atoms with Crippen molar-refractivity contribution in [1.82, 2.24) is 14.8 Å². The van der Waals surface area contributed by atoms with Crippen LogP contribution < -0.4 is 24.3 Å². The number of hydrogen-bond donors (Lipinski definition) is 1. The summed E-state index contributed by atoms with van der Waals surface area (Å²) < 4.78 is 25.0. The maximum absolute atomic E-state index is 6.65. The van der Waals surface area contributed by atoms with Gasteiger partial charge in [0.25, 0.3) is 0 Å². The summed E-state index contributed by atoms with van der Waals surface area (Å²) in [6, 6.07) is 21.6. The molecule has 0 bridgehead atoms. The molecule has 1 N–H and O–H groups in total. The molecule has 6 rings (SSSR count). The van der Waals surface area contributed by atoms with Gasteiger partial charge in [0.2, 0.25) is 5.95 Å². The average molecular weight is 469 g/mol. The van der Waals surface area contributed by atoms with Crippen molar-refractivity contribution in [2.24, 2.45) is 0 Å². The zero-order valence-corrected chi connectivity index (χ0v) is 19.6. The molecule has 1 aromatic heterocycles. The predicted octanol–water partition coefficient (Wildman–Crippen LogP) is 4.86. The van der Waals surface area contributed by atoms with Gasteiger partial charge in [-0.15, -0.1) is 0 Å². The largest absolute Gasteiger partial charge is 0.497 e. The van der Waals surface area contributed by atoms with Gasteiger partial charge in [0.1, 0.15) is 30.0 Å². The number of rotatable bonds is 5. The number of benzene rings is 3. The minimum Gasteiger partial charge on any atom is -0.497 e. The van der Waals surface area contributed by atoms with Crippen LogP contribution in [-0.2, 0) is 0 Å². The van der Waals surface area contributed by atoms with Gasteiger partial charge in [0.05, 0.1) is 27.0 Å². The zero-order valence-electron chi connectivity index (χ0n) is 19.6. The van der Waals surface area contributed by atoms with E-state index in [1.807, 2.05) is 65.3 Å². The molecular weight excluding hydrogens is 444 g/mol. The van der Waals surface area contributed by atoms with Crippen LogP contribution in [0.25, 0.3) is 5.70 Å². The normalized spacial score (nSPS) is 17.9. The molecule has 2 aliphatic heterocycles. The second-order valence-electron chi connectivity index (χ2n) is 8.27. The summed E-state index contributed by atoms with van der Waals surface area (Å²) in [6.07, 6.45) is 1.19. The number of fused-ring (bicyclic) bond motifs is 3. The van der Waals surface area contributed by atoms with Crippen LogP contribution in [0.1, 0.15) is 28.8 Å². The summed E-state index contributed by atoms with van der Waals surface area (Å²) >= 11 is 0. The van der Waals surface area contributed by atoms with E-state index in [9.17, 15) is 0 Å². The van der Waals surface area contributed by atoms with Gasteiger partial charge in [-0.1, -0.05) is 30.3 Å². The van der Waals surface area contributed by atoms with Gasteiger partial charge in [-0.05, 0) is 47.5 Å². The van der Waals surface area contributed by atoms with Crippen molar-refractivity contribution in [1.29, 1.82) is 0 Å². The fourth-order valence-electron chi connectivity index (χ4n) is 4.81. The highest BCUT2D eigenvalue weighted by molar-refractivity contribution is 5.85. The highest BCUT2D eigenvalue weighted by atomic mass is 16.5. The van der Waals surface area contributed by atoms with Crippen LogP contribution in [0.4, 0.5) is 5.95 Å². The summed E-state index contributed by atoms with van der Waals surface area (Å²) in [5, 5.41) is 8.09. The highest BCUT2D eigenvalue weighted by Crippen LogP contribution is 2.51. The summed E-state index contributed by atoms with van der Waals surface area (Å²) in [5.74, 6) is 3.56. The van der Waals surface area contributed by atoms with Crippen molar-refractivity contribution < 1.29 is 18.9 Å². The molecule has 0 spiro atoms. The first-order valence-electron chi connectivity index (χ1n) is 11.2. The number of para-hydroxylation sites is 1. The van der Waals surface area contributed by atoms with E-state index in [1.165, 1.54) is 0 Å². The number of nitrogens with zero attached hydrogens (tertiary/aromatic N) is 3. The first kappa shape index (κ1) is 21.1. The zero-order chi connectivity index (χ0) is 23.9. The number of aromatic nitrogens is 3. The molecule has 8 heteroatoms. The lowest BCUT2D eigenvalue weighted by molar-refractivity contribution is 0.223. The third kappa shape index (κ3) is 3.37. The van der Waals surface area contributed by atoms with Crippen LogP contribution in [0.3, 0.4) is 0 Å². The van der Waals surface area contributed by atoms with Crippen molar-refractivity contribution >= 4 is 11.6 Å². The molecule has 4 aromatic rings. The number of methoxy groups -OCH3 is 3. The van der Waals surface area contributed by atoms with Crippen LogP contribution in [0.5, 0.6) is 23.0 Å². The second kappa shape index (κ2) is 8.39. The Morgan fingerprint density at radius 2 is 1.63 bits per heavy atom. The molecule has 2 aliphatic rings. The van der Waals surface area contributed by atoms with Gasteiger partial charge < -0.3 is 24.3 Å². The molecule has 3 heterocycles. The monoisotopic (exact) mass is 468 g/mol. The minimum atomic E-state index is -0.367. The molecule has 0 amide bonds. The molecule has 0 fully saturated rings. The number of ether oxygens (including phenoxy) is 4. The van der Waals surface area contributed by atoms with E-state index in [1.54, 1.807) is 27.7 Å². The topological polar surface area (TPSA) is 79.7 Å². The van der Waals surface area contributed by atoms with Crippen LogP contribution in [0, 0.1) is 0 Å². The molecule has 0 saturated heterocycles. The quantitative estimate of drug-likeness (QED) is 0.448. The Morgan fingerprint density at radius 1 is 0.857 bits per heavy atom. The van der Waals surface area contributed by atoms with E-state index in [0.29, 0.717) is 17.4 Å². The van der Waals surface area contributed by atoms with E-state index in [4.69, 9.17) is 18.9 Å². The van der Waals surface area contributed by atoms with Crippen molar-refractivity contribution in [2.75, 3.05) is 26.6 Å². The molecule has 0 saturated carbocycles. The van der Waals surface area contributed by atoms with E-state index in [2.05, 4.69) is 21.5 Å². The fraction of sp³-hybridized carbons (Fsp3) is 0.185. The maximum Gasteiger partial charge on any atom is 0.226 e. The molecule has 0 radical (unpaired) electrons. The standard InChI is InChI=1S/C27H24N4O4/c1-32-18-11-8-16(9-12-18)26-23-24(19-6-4-5-7-20(19)35-26)30-27-28-15-29-31(27)25(23)17-10-13-21(33-2)22(14-17)34-3/h4-15,25-26H,1-3H3,(H,28,29,30)/t25-,26+/m1/s1. The Bertz CT molecular complexity index is 1430. The Kier molecular flexibility index (Phi) is 5.06. The molecule has 2 atom stereocenters. The van der Waals surface area contributed by atoms with Crippen LogP contribution in [0.2, 0.25) is 0 Å². The molecule has 0 unspecified atom stereocenters. The molecule has 3 aromatic carbocycles. The van der Waals surface area contributed by atoms with Crippen molar-refractivity contribution in [3.63, 3.8) is 0 Å². The van der Waals surface area contributed by atoms with Crippen LogP contribution >= 0.6 is 0 Å². The lowest BCUT2D eigenvalue weighted by atomic mass is 9.84. The van der Waals surface area contributed by atoms with Crippen LogP contribution in [0.15, 0.2) is 78.6 Å². The molecule has 176 valence electrons. The molecule has 0 aliphatic carbocycles. The minimum absolute atomic E-state index is 0.288. The summed E-state index contributed by atoms with van der Waals surface area (Å²) in [4.78, 5) is 4.49. The highest BCUT2D eigenvalue weighted by Gasteiger charge is 2.41. The first-order valence-corrected chi connectivity index (χ1v) is 11.2. The van der Waals surface area contributed by atoms with Gasteiger partial charge in [-0.2, -0.15) is 10.1 Å². The number of nitrogens with one attached hydrogen (secondary N) is 1. The number of anilines is 1. The SMILES string of the molecule is COc1ccc([C@@H]2Oc3ccccc3C3=C2[C@@H](c2ccc(OC)c(OC)c2)n2ncnc2N3)cc1. The van der Waals surface area contributed by atoms with Crippen molar-refractivity contribution in [3.05, 3.63) is 95.3 Å². The first-order chi connectivity index (χ1) is 17.2. The fourth-order valence-corrected chi connectivity index (χ4v) is 4.81. The maximum atomic E-state index is 6.65. The van der Waals surface area contributed by atoms with Gasteiger partial charge >= 0.3 is 0 Å². The van der Waals surface area contributed by atoms with Crippen molar-refractivity contribution in [2.45, 2.75) is 12.1 Å². The number of hydrogen-bond acceptors (Lipinski definition) is 7.